The molecule has 6 heteroatoms. The molecule has 29 heavy (non-hydrogen) atoms. The molecule has 0 saturated carbocycles. The predicted octanol–water partition coefficient (Wildman–Crippen LogP) is 4.70. The number of ether oxygens (including phenoxy) is 3. The summed E-state index contributed by atoms with van der Waals surface area (Å²) in [6.45, 7) is 4.80. The van der Waals surface area contributed by atoms with E-state index in [9.17, 15) is 4.79 Å². The molecule has 0 fully saturated rings. The van der Waals surface area contributed by atoms with E-state index >= 15 is 0 Å². The number of rotatable bonds is 7. The number of nitrogens with one attached hydrogen (secondary N) is 1. The molecular formula is C23H26N2O4. The zero-order chi connectivity index (χ0) is 20.8. The van der Waals surface area contributed by atoms with Crippen molar-refractivity contribution in [2.24, 2.45) is 7.05 Å². The second kappa shape index (κ2) is 9.19. The van der Waals surface area contributed by atoms with Crippen LogP contribution < -0.4 is 19.5 Å². The Morgan fingerprint density at radius 2 is 1.83 bits per heavy atom. The fraction of sp³-hybridized carbons (Fsp3) is 0.261. The van der Waals surface area contributed by atoms with Crippen LogP contribution >= 0.6 is 0 Å². The molecule has 0 atom stereocenters. The highest BCUT2D eigenvalue weighted by Gasteiger charge is 2.18. The van der Waals surface area contributed by atoms with E-state index < -0.39 is 6.09 Å². The molecular weight excluding hydrogens is 368 g/mol. The molecule has 1 N–H and O–H groups in total. The first-order valence-corrected chi connectivity index (χ1v) is 9.50. The van der Waals surface area contributed by atoms with Gasteiger partial charge in [0.25, 0.3) is 0 Å². The predicted molar refractivity (Wildman–Crippen MR) is 113 cm³/mol. The van der Waals surface area contributed by atoms with Gasteiger partial charge in [0.2, 0.25) is 5.88 Å². The first kappa shape index (κ1) is 20.3. The number of nitrogens with zero attached hydrogens (tertiary/aromatic N) is 1. The minimum atomic E-state index is -0.521. The maximum atomic E-state index is 12.5. The summed E-state index contributed by atoms with van der Waals surface area (Å²) in [6, 6.07) is 15.3. The van der Waals surface area contributed by atoms with E-state index in [0.29, 0.717) is 19.0 Å². The molecule has 0 aliphatic carbocycles. The number of hydrogen-bond acceptors (Lipinski definition) is 4. The molecule has 152 valence electrons. The summed E-state index contributed by atoms with van der Waals surface area (Å²) in [5.41, 5.74) is 3.74. The third kappa shape index (κ3) is 4.71. The van der Waals surface area contributed by atoms with E-state index in [-0.39, 0.29) is 0 Å². The Kier molecular flexibility index (Phi) is 6.44. The van der Waals surface area contributed by atoms with Crippen LogP contribution in [0.15, 0.2) is 54.7 Å². The van der Waals surface area contributed by atoms with E-state index in [0.717, 1.165) is 33.8 Å². The number of carbonyl (C=O) groups is 1. The fourth-order valence-corrected chi connectivity index (χ4v) is 3.23. The summed E-state index contributed by atoms with van der Waals surface area (Å²) in [5, 5.41) is 2.81. The lowest BCUT2D eigenvalue weighted by molar-refractivity contribution is 0.196. The van der Waals surface area contributed by atoms with Gasteiger partial charge in [-0.25, -0.2) is 4.79 Å². The van der Waals surface area contributed by atoms with Gasteiger partial charge in [-0.05, 0) is 43.2 Å². The van der Waals surface area contributed by atoms with E-state index in [1.165, 1.54) is 0 Å². The monoisotopic (exact) mass is 394 g/mol. The first-order valence-electron chi connectivity index (χ1n) is 9.50. The summed E-state index contributed by atoms with van der Waals surface area (Å²) in [6.07, 6.45) is 1.42. The molecule has 0 saturated heterocycles. The average Bonchev–Trinajstić information content (AvgIpc) is 3.00. The van der Waals surface area contributed by atoms with Gasteiger partial charge < -0.3 is 24.1 Å². The van der Waals surface area contributed by atoms with Crippen molar-refractivity contribution < 1.29 is 19.0 Å². The Labute approximate surface area is 171 Å². The summed E-state index contributed by atoms with van der Waals surface area (Å²) in [7, 11) is 3.48. The van der Waals surface area contributed by atoms with Crippen molar-refractivity contribution in [3.05, 3.63) is 65.9 Å². The van der Waals surface area contributed by atoms with Crippen LogP contribution in [0.5, 0.6) is 17.4 Å². The van der Waals surface area contributed by atoms with Gasteiger partial charge in [0.05, 0.1) is 13.7 Å². The lowest BCUT2D eigenvalue weighted by atomic mass is 10.0. The second-order valence-electron chi connectivity index (χ2n) is 6.62. The van der Waals surface area contributed by atoms with Crippen LogP contribution in [0, 0.1) is 6.92 Å². The molecule has 1 amide bonds. The summed E-state index contributed by atoms with van der Waals surface area (Å²) >= 11 is 0. The van der Waals surface area contributed by atoms with Gasteiger partial charge in [-0.3, -0.25) is 0 Å². The van der Waals surface area contributed by atoms with Crippen LogP contribution in [-0.4, -0.2) is 24.4 Å². The molecule has 0 aliphatic rings. The van der Waals surface area contributed by atoms with Crippen molar-refractivity contribution in [3.63, 3.8) is 0 Å². The molecule has 0 aliphatic heterocycles. The normalized spacial score (nSPS) is 10.5. The van der Waals surface area contributed by atoms with Crippen LogP contribution in [0.2, 0.25) is 0 Å². The van der Waals surface area contributed by atoms with Gasteiger partial charge in [-0.2, -0.15) is 0 Å². The number of benzene rings is 2. The maximum absolute atomic E-state index is 12.5. The number of carbonyl (C=O) groups excluding carboxylic acids is 1. The van der Waals surface area contributed by atoms with Gasteiger partial charge >= 0.3 is 6.09 Å². The highest BCUT2D eigenvalue weighted by atomic mass is 16.6. The Balaban J connectivity index is 1.75. The molecule has 1 aromatic heterocycles. The number of hydrogen-bond donors (Lipinski definition) is 1. The lowest BCUT2D eigenvalue weighted by Gasteiger charge is -2.13. The van der Waals surface area contributed by atoms with E-state index in [1.807, 2.05) is 80.2 Å². The Bertz CT molecular complexity index is 977. The lowest BCUT2D eigenvalue weighted by Crippen LogP contribution is -2.27. The number of aryl methyl sites for hydroxylation is 2. The van der Waals surface area contributed by atoms with Crippen molar-refractivity contribution in [1.29, 1.82) is 0 Å². The number of aromatic nitrogens is 1. The van der Waals surface area contributed by atoms with Crippen LogP contribution in [0.3, 0.4) is 0 Å². The highest BCUT2D eigenvalue weighted by molar-refractivity contribution is 5.78. The standard InChI is InChI=1S/C23H26N2O4/c1-5-28-20-9-7-6-8-18(20)14-24-23(26)29-22-21(16(2)15-25(22)3)17-10-12-19(27-4)13-11-17/h6-13,15H,5,14H2,1-4H3,(H,24,26). The number of methoxy groups -OCH3 is 1. The molecule has 6 nitrogen and oxygen atoms in total. The first-order chi connectivity index (χ1) is 14.0. The van der Waals surface area contributed by atoms with Crippen LogP contribution in [-0.2, 0) is 13.6 Å². The Morgan fingerprint density at radius 1 is 1.10 bits per heavy atom. The SMILES string of the molecule is CCOc1ccccc1CNC(=O)Oc1c(-c2ccc(OC)cc2)c(C)cn1C. The van der Waals surface area contributed by atoms with Crippen molar-refractivity contribution in [2.45, 2.75) is 20.4 Å². The minimum absolute atomic E-state index is 0.316. The summed E-state index contributed by atoms with van der Waals surface area (Å²) in [5.74, 6) is 2.02. The molecule has 0 bridgehead atoms. The zero-order valence-electron chi connectivity index (χ0n) is 17.2. The quantitative estimate of drug-likeness (QED) is 0.631. The van der Waals surface area contributed by atoms with E-state index in [1.54, 1.807) is 7.11 Å². The average molecular weight is 394 g/mol. The van der Waals surface area contributed by atoms with Gasteiger partial charge in [-0.1, -0.05) is 30.3 Å². The number of para-hydroxylation sites is 1. The molecule has 3 aromatic rings. The van der Waals surface area contributed by atoms with Gasteiger partial charge in [-0.15, -0.1) is 0 Å². The summed E-state index contributed by atoms with van der Waals surface area (Å²) in [4.78, 5) is 12.5. The fourth-order valence-electron chi connectivity index (χ4n) is 3.23. The van der Waals surface area contributed by atoms with Crippen LogP contribution in [0.4, 0.5) is 4.79 Å². The van der Waals surface area contributed by atoms with Crippen LogP contribution in [0.25, 0.3) is 11.1 Å². The maximum Gasteiger partial charge on any atom is 0.414 e. The molecule has 2 aromatic carbocycles. The second-order valence-corrected chi connectivity index (χ2v) is 6.62. The van der Waals surface area contributed by atoms with E-state index in [2.05, 4.69) is 5.32 Å². The molecule has 3 rings (SSSR count). The molecule has 0 unspecified atom stereocenters. The molecule has 0 spiro atoms. The third-order valence-corrected chi connectivity index (χ3v) is 4.58. The van der Waals surface area contributed by atoms with Crippen molar-refractivity contribution in [1.82, 2.24) is 9.88 Å². The van der Waals surface area contributed by atoms with Gasteiger partial charge in [0, 0.05) is 30.9 Å². The van der Waals surface area contributed by atoms with Gasteiger partial charge in [0.1, 0.15) is 11.5 Å². The summed E-state index contributed by atoms with van der Waals surface area (Å²) < 4.78 is 18.3. The van der Waals surface area contributed by atoms with Crippen molar-refractivity contribution in [2.75, 3.05) is 13.7 Å². The highest BCUT2D eigenvalue weighted by Crippen LogP contribution is 2.35. The number of amides is 1. The van der Waals surface area contributed by atoms with E-state index in [4.69, 9.17) is 14.2 Å². The van der Waals surface area contributed by atoms with Crippen LogP contribution in [0.1, 0.15) is 18.1 Å². The van der Waals surface area contributed by atoms with Crippen molar-refractivity contribution >= 4 is 6.09 Å². The topological polar surface area (TPSA) is 61.7 Å². The zero-order valence-corrected chi connectivity index (χ0v) is 17.2. The van der Waals surface area contributed by atoms with Gasteiger partial charge in [0.15, 0.2) is 0 Å². The largest absolute Gasteiger partial charge is 0.497 e. The molecule has 0 radical (unpaired) electrons. The minimum Gasteiger partial charge on any atom is -0.497 e. The Morgan fingerprint density at radius 3 is 2.52 bits per heavy atom. The Hall–Kier alpha value is -3.41. The smallest absolute Gasteiger partial charge is 0.414 e. The van der Waals surface area contributed by atoms with Crippen molar-refractivity contribution in [3.8, 4) is 28.5 Å². The molecule has 1 heterocycles. The third-order valence-electron chi connectivity index (χ3n) is 4.58.